The number of benzene rings is 1. The summed E-state index contributed by atoms with van der Waals surface area (Å²) in [6.45, 7) is 0. The lowest BCUT2D eigenvalue weighted by molar-refractivity contribution is 0.318. The van der Waals surface area contributed by atoms with E-state index in [4.69, 9.17) is 37.6 Å². The number of hydrogen-bond donors (Lipinski definition) is 1. The molecule has 0 atom stereocenters. The van der Waals surface area contributed by atoms with E-state index in [-0.39, 0.29) is 15.8 Å². The number of methoxy groups -OCH3 is 1. The summed E-state index contributed by atoms with van der Waals surface area (Å²) in [5.41, 5.74) is 0.662. The van der Waals surface area contributed by atoms with E-state index >= 15 is 0 Å². The lowest BCUT2D eigenvalue weighted by Crippen LogP contribution is -2.03. The topological polar surface area (TPSA) is 55.0 Å². The molecule has 0 bridgehead atoms. The summed E-state index contributed by atoms with van der Waals surface area (Å²) < 4.78 is 10.2. The second kappa shape index (κ2) is 5.33. The maximum Gasteiger partial charge on any atom is 0.156 e. The van der Waals surface area contributed by atoms with Crippen LogP contribution < -0.4 is 4.74 Å². The van der Waals surface area contributed by atoms with Crippen LogP contribution in [-0.4, -0.2) is 18.0 Å². The van der Waals surface area contributed by atoms with Gasteiger partial charge < -0.3 is 14.4 Å². The molecule has 0 saturated heterocycles. The van der Waals surface area contributed by atoms with Crippen molar-refractivity contribution in [2.24, 2.45) is 5.16 Å². The van der Waals surface area contributed by atoms with Gasteiger partial charge in [-0.05, 0) is 24.3 Å². The zero-order chi connectivity index (χ0) is 13.1. The normalized spacial score (nSPS) is 11.6. The maximum atomic E-state index is 9.09. The molecule has 0 aliphatic carbocycles. The van der Waals surface area contributed by atoms with Gasteiger partial charge in [0.25, 0.3) is 0 Å². The Kier molecular flexibility index (Phi) is 3.79. The third kappa shape index (κ3) is 2.17. The highest BCUT2D eigenvalue weighted by Gasteiger charge is 2.18. The van der Waals surface area contributed by atoms with Gasteiger partial charge in [-0.15, -0.1) is 0 Å². The first-order valence-electron chi connectivity index (χ1n) is 4.97. The fourth-order valence-corrected chi connectivity index (χ4v) is 2.01. The predicted octanol–water partition coefficient (Wildman–Crippen LogP) is 3.82. The molecule has 0 saturated carbocycles. The summed E-state index contributed by atoms with van der Waals surface area (Å²) in [5, 5.41) is 12.8. The Hall–Kier alpha value is -1.65. The minimum atomic E-state index is 0.203. The third-order valence-electron chi connectivity index (χ3n) is 2.38. The first kappa shape index (κ1) is 12.8. The van der Waals surface area contributed by atoms with Crippen molar-refractivity contribution in [2.45, 2.75) is 0 Å². The van der Waals surface area contributed by atoms with E-state index in [0.29, 0.717) is 17.1 Å². The second-order valence-corrected chi connectivity index (χ2v) is 4.13. The number of ether oxygens (including phenoxy) is 1. The highest BCUT2D eigenvalue weighted by molar-refractivity contribution is 6.45. The van der Waals surface area contributed by atoms with Gasteiger partial charge in [0.05, 0.1) is 18.4 Å². The number of nitrogens with zero attached hydrogens (tertiary/aromatic N) is 1. The summed E-state index contributed by atoms with van der Waals surface area (Å²) in [7, 11) is 1.49. The van der Waals surface area contributed by atoms with Crippen LogP contribution in [0.2, 0.25) is 10.0 Å². The average Bonchev–Trinajstić information content (AvgIpc) is 2.89. The molecule has 2 rings (SSSR count). The smallest absolute Gasteiger partial charge is 0.156 e. The molecule has 0 spiro atoms. The van der Waals surface area contributed by atoms with Gasteiger partial charge in [0.15, 0.2) is 11.5 Å². The number of furan rings is 1. The van der Waals surface area contributed by atoms with Crippen LogP contribution in [0.4, 0.5) is 0 Å². The SMILES string of the molecule is COc1ccc(/C(=N\O)c2ccco2)c(Cl)c1Cl. The number of hydrogen-bond acceptors (Lipinski definition) is 4. The lowest BCUT2D eigenvalue weighted by atomic mass is 10.1. The van der Waals surface area contributed by atoms with Gasteiger partial charge in [-0.3, -0.25) is 0 Å². The molecule has 6 heteroatoms. The first-order valence-corrected chi connectivity index (χ1v) is 5.73. The van der Waals surface area contributed by atoms with Crippen LogP contribution in [0.25, 0.3) is 0 Å². The first-order chi connectivity index (χ1) is 8.69. The van der Waals surface area contributed by atoms with Gasteiger partial charge in [-0.25, -0.2) is 0 Å². The summed E-state index contributed by atoms with van der Waals surface area (Å²) in [6.07, 6.45) is 1.47. The number of oxime groups is 1. The van der Waals surface area contributed by atoms with Crippen molar-refractivity contribution in [1.82, 2.24) is 0 Å². The molecule has 4 nitrogen and oxygen atoms in total. The minimum absolute atomic E-state index is 0.203. The summed E-state index contributed by atoms with van der Waals surface area (Å²) in [6, 6.07) is 6.62. The molecular formula is C12H9Cl2NO3. The van der Waals surface area contributed by atoms with E-state index in [1.807, 2.05) is 0 Å². The average molecular weight is 286 g/mol. The molecule has 1 heterocycles. The summed E-state index contributed by atoms with van der Waals surface area (Å²) in [4.78, 5) is 0. The Balaban J connectivity index is 2.55. The zero-order valence-corrected chi connectivity index (χ0v) is 10.9. The Morgan fingerprint density at radius 1 is 1.28 bits per heavy atom. The van der Waals surface area contributed by atoms with Crippen LogP contribution in [0.15, 0.2) is 40.1 Å². The molecule has 1 N–H and O–H groups in total. The van der Waals surface area contributed by atoms with Crippen LogP contribution in [0, 0.1) is 0 Å². The van der Waals surface area contributed by atoms with Crippen LogP contribution in [0.3, 0.4) is 0 Å². The van der Waals surface area contributed by atoms with Crippen LogP contribution >= 0.6 is 23.2 Å². The van der Waals surface area contributed by atoms with Crippen molar-refractivity contribution in [3.8, 4) is 5.75 Å². The van der Waals surface area contributed by atoms with Crippen molar-refractivity contribution in [1.29, 1.82) is 0 Å². The van der Waals surface area contributed by atoms with Gasteiger partial charge >= 0.3 is 0 Å². The van der Waals surface area contributed by atoms with Crippen LogP contribution in [0.1, 0.15) is 11.3 Å². The van der Waals surface area contributed by atoms with Gasteiger partial charge in [0.1, 0.15) is 10.8 Å². The molecule has 0 unspecified atom stereocenters. The van der Waals surface area contributed by atoms with Crippen molar-refractivity contribution in [3.05, 3.63) is 51.9 Å². The molecule has 0 radical (unpaired) electrons. The van der Waals surface area contributed by atoms with E-state index in [2.05, 4.69) is 5.16 Å². The van der Waals surface area contributed by atoms with Crippen LogP contribution in [-0.2, 0) is 0 Å². The molecule has 0 aliphatic rings. The quantitative estimate of drug-likeness (QED) is 0.530. The summed E-state index contributed by atoms with van der Waals surface area (Å²) >= 11 is 12.2. The Labute approximate surface area is 113 Å². The van der Waals surface area contributed by atoms with E-state index in [1.54, 1.807) is 24.3 Å². The number of halogens is 2. The van der Waals surface area contributed by atoms with E-state index < -0.39 is 0 Å². The third-order valence-corrected chi connectivity index (χ3v) is 3.24. The monoisotopic (exact) mass is 285 g/mol. The Bertz CT molecular complexity index is 579. The number of rotatable bonds is 3. The molecular weight excluding hydrogens is 277 g/mol. The highest BCUT2D eigenvalue weighted by atomic mass is 35.5. The molecule has 0 fully saturated rings. The maximum absolute atomic E-state index is 9.09. The molecule has 0 aliphatic heterocycles. The minimum Gasteiger partial charge on any atom is -0.495 e. The standard InChI is InChI=1S/C12H9Cl2NO3/c1-17-8-5-4-7(10(13)11(8)14)12(15-16)9-3-2-6-18-9/h2-6,16H,1H3/b15-12+. The molecule has 0 amide bonds. The van der Waals surface area contributed by atoms with E-state index in [1.165, 1.54) is 13.4 Å². The predicted molar refractivity (Wildman–Crippen MR) is 69.1 cm³/mol. The highest BCUT2D eigenvalue weighted by Crippen LogP contribution is 2.35. The summed E-state index contributed by atoms with van der Waals surface area (Å²) in [5.74, 6) is 0.836. The molecule has 2 aromatic rings. The van der Waals surface area contributed by atoms with Crippen LogP contribution in [0.5, 0.6) is 5.75 Å². The molecule has 1 aromatic heterocycles. The van der Waals surface area contributed by atoms with Crippen molar-refractivity contribution < 1.29 is 14.4 Å². The lowest BCUT2D eigenvalue weighted by Gasteiger charge is -2.09. The Morgan fingerprint density at radius 3 is 2.61 bits per heavy atom. The van der Waals surface area contributed by atoms with Crippen molar-refractivity contribution in [3.63, 3.8) is 0 Å². The van der Waals surface area contributed by atoms with Gasteiger partial charge in [-0.1, -0.05) is 28.4 Å². The molecule has 94 valence electrons. The largest absolute Gasteiger partial charge is 0.495 e. The second-order valence-electron chi connectivity index (χ2n) is 3.37. The van der Waals surface area contributed by atoms with Crippen molar-refractivity contribution in [2.75, 3.05) is 7.11 Å². The Morgan fingerprint density at radius 2 is 2.06 bits per heavy atom. The fraction of sp³-hybridized carbons (Fsp3) is 0.0833. The fourth-order valence-electron chi connectivity index (χ4n) is 1.52. The van der Waals surface area contributed by atoms with Gasteiger partial charge in [0.2, 0.25) is 0 Å². The van der Waals surface area contributed by atoms with E-state index in [0.717, 1.165) is 0 Å². The molecule has 1 aromatic carbocycles. The van der Waals surface area contributed by atoms with Crippen molar-refractivity contribution >= 4 is 28.9 Å². The molecule has 18 heavy (non-hydrogen) atoms. The van der Waals surface area contributed by atoms with Gasteiger partial charge in [-0.2, -0.15) is 0 Å². The zero-order valence-electron chi connectivity index (χ0n) is 9.35. The van der Waals surface area contributed by atoms with Gasteiger partial charge in [0, 0.05) is 5.56 Å². The van der Waals surface area contributed by atoms with E-state index in [9.17, 15) is 0 Å².